The molecule has 0 radical (unpaired) electrons. The number of carbonyl (C=O) groups excluding carboxylic acids is 1. The molecule has 0 spiro atoms. The second-order valence-electron chi connectivity index (χ2n) is 5.57. The summed E-state index contributed by atoms with van der Waals surface area (Å²) in [5, 5.41) is 12.9. The van der Waals surface area contributed by atoms with E-state index in [2.05, 4.69) is 26.0 Å². The van der Waals surface area contributed by atoms with Crippen LogP contribution in [0, 0.1) is 5.82 Å². The first-order chi connectivity index (χ1) is 12.6. The molecule has 0 atom stereocenters. The van der Waals surface area contributed by atoms with Crippen molar-refractivity contribution in [3.63, 3.8) is 0 Å². The zero-order chi connectivity index (χ0) is 18.3. The highest BCUT2D eigenvalue weighted by atomic mass is 35.5. The van der Waals surface area contributed by atoms with E-state index in [1.54, 1.807) is 13.1 Å². The van der Waals surface area contributed by atoms with E-state index in [0.717, 1.165) is 0 Å². The van der Waals surface area contributed by atoms with Crippen molar-refractivity contribution in [2.45, 2.75) is 0 Å². The molecule has 3 N–H and O–H groups in total. The van der Waals surface area contributed by atoms with E-state index in [0.29, 0.717) is 28.5 Å². The molecule has 4 bridgehead atoms. The normalized spacial score (nSPS) is 13.9. The Morgan fingerprint density at radius 2 is 2.23 bits per heavy atom. The molecule has 3 aromatic rings. The molecule has 0 saturated heterocycles. The lowest BCUT2D eigenvalue weighted by molar-refractivity contribution is 0.0948. The molecule has 0 aliphatic carbocycles. The number of rotatable bonds is 1. The average molecular weight is 377 g/mol. The van der Waals surface area contributed by atoms with Gasteiger partial charge in [0.15, 0.2) is 17.2 Å². The fourth-order valence-corrected chi connectivity index (χ4v) is 2.89. The molecule has 1 amide bonds. The lowest BCUT2D eigenvalue weighted by atomic mass is 10.2. The first kappa shape index (κ1) is 16.4. The van der Waals surface area contributed by atoms with Crippen molar-refractivity contribution in [1.29, 1.82) is 0 Å². The van der Waals surface area contributed by atoms with E-state index in [4.69, 9.17) is 16.3 Å². The molecule has 1 aliphatic rings. The smallest absolute Gasteiger partial charge is 0.256 e. The first-order valence-electron chi connectivity index (χ1n) is 7.80. The maximum absolute atomic E-state index is 14.1. The SMILES string of the molecule is CNc1cc2nc3c(cnn13)C(=O)NCCOc1cc(cc(Cl)c1F)N2. The molecule has 10 heteroatoms. The standard InChI is InChI=1S/C16H14ClFN6O2/c1-19-13-6-12-22-8-4-10(17)14(18)11(5-8)26-3-2-20-16(25)9-7-21-24(13)15(9)23-12/h4-7,19H,2-3H2,1H3,(H,20,25)(H,22,23). The van der Waals surface area contributed by atoms with Crippen LogP contribution in [0.3, 0.4) is 0 Å². The molecule has 8 nitrogen and oxygen atoms in total. The van der Waals surface area contributed by atoms with Gasteiger partial charge in [0.2, 0.25) is 0 Å². The Balaban J connectivity index is 1.90. The van der Waals surface area contributed by atoms with Gasteiger partial charge in [0.1, 0.15) is 23.8 Å². The number of halogens is 2. The molecular weight excluding hydrogens is 363 g/mol. The minimum Gasteiger partial charge on any atom is -0.489 e. The van der Waals surface area contributed by atoms with E-state index >= 15 is 0 Å². The van der Waals surface area contributed by atoms with Crippen LogP contribution in [-0.4, -0.2) is 40.7 Å². The van der Waals surface area contributed by atoms with Gasteiger partial charge in [0, 0.05) is 24.9 Å². The molecule has 1 aromatic carbocycles. The van der Waals surface area contributed by atoms with Crippen LogP contribution in [0.2, 0.25) is 5.02 Å². The highest BCUT2D eigenvalue weighted by Crippen LogP contribution is 2.31. The van der Waals surface area contributed by atoms with Crippen LogP contribution >= 0.6 is 11.6 Å². The lowest BCUT2D eigenvalue weighted by Gasteiger charge is -2.12. The summed E-state index contributed by atoms with van der Waals surface area (Å²) in [7, 11) is 1.73. The van der Waals surface area contributed by atoms with Crippen LogP contribution in [0.5, 0.6) is 5.75 Å². The van der Waals surface area contributed by atoms with Crippen molar-refractivity contribution >= 4 is 40.5 Å². The number of nitrogens with one attached hydrogen (secondary N) is 3. The van der Waals surface area contributed by atoms with Crippen molar-refractivity contribution in [3.8, 4) is 5.75 Å². The predicted molar refractivity (Wildman–Crippen MR) is 95.1 cm³/mol. The van der Waals surface area contributed by atoms with Gasteiger partial charge in [0.25, 0.3) is 5.91 Å². The molecule has 1 aliphatic heterocycles. The summed E-state index contributed by atoms with van der Waals surface area (Å²) < 4.78 is 21.1. The Morgan fingerprint density at radius 3 is 3.04 bits per heavy atom. The molecule has 2 aromatic heterocycles. The maximum atomic E-state index is 14.1. The second-order valence-corrected chi connectivity index (χ2v) is 5.98. The third-order valence-electron chi connectivity index (χ3n) is 3.88. The number of ether oxygens (including phenoxy) is 1. The van der Waals surface area contributed by atoms with Gasteiger partial charge in [-0.3, -0.25) is 4.79 Å². The van der Waals surface area contributed by atoms with E-state index in [1.165, 1.54) is 22.8 Å². The number of amides is 1. The van der Waals surface area contributed by atoms with Gasteiger partial charge in [-0.25, -0.2) is 9.37 Å². The highest BCUT2D eigenvalue weighted by Gasteiger charge is 2.18. The average Bonchev–Trinajstić information content (AvgIpc) is 3.05. The quantitative estimate of drug-likeness (QED) is 0.604. The Kier molecular flexibility index (Phi) is 4.00. The summed E-state index contributed by atoms with van der Waals surface area (Å²) in [4.78, 5) is 16.9. The van der Waals surface area contributed by atoms with E-state index in [1.807, 2.05) is 0 Å². The highest BCUT2D eigenvalue weighted by molar-refractivity contribution is 6.31. The van der Waals surface area contributed by atoms with Gasteiger partial charge >= 0.3 is 0 Å². The predicted octanol–water partition coefficient (Wildman–Crippen LogP) is 2.43. The van der Waals surface area contributed by atoms with E-state index < -0.39 is 5.82 Å². The number of carbonyl (C=O) groups is 1. The van der Waals surface area contributed by atoms with Crippen molar-refractivity contribution in [2.24, 2.45) is 0 Å². The van der Waals surface area contributed by atoms with Crippen molar-refractivity contribution in [3.05, 3.63) is 40.8 Å². The Labute approximate surface area is 152 Å². The number of benzene rings is 1. The number of hydrogen-bond acceptors (Lipinski definition) is 6. The number of nitrogens with zero attached hydrogens (tertiary/aromatic N) is 3. The second kappa shape index (κ2) is 6.34. The monoisotopic (exact) mass is 376 g/mol. The van der Waals surface area contributed by atoms with Crippen LogP contribution in [0.4, 0.5) is 21.7 Å². The minimum absolute atomic E-state index is 0.00795. The summed E-state index contributed by atoms with van der Waals surface area (Å²) in [6.45, 7) is 0.267. The van der Waals surface area contributed by atoms with Gasteiger partial charge in [-0.05, 0) is 6.07 Å². The fourth-order valence-electron chi connectivity index (χ4n) is 2.67. The van der Waals surface area contributed by atoms with Crippen LogP contribution in [0.1, 0.15) is 10.4 Å². The molecule has 26 heavy (non-hydrogen) atoms. The minimum atomic E-state index is -0.658. The Morgan fingerprint density at radius 1 is 1.38 bits per heavy atom. The summed E-state index contributed by atoms with van der Waals surface area (Å²) in [5.74, 6) is 0.0425. The largest absolute Gasteiger partial charge is 0.489 e. The number of fused-ring (bicyclic) bond motifs is 3. The van der Waals surface area contributed by atoms with Gasteiger partial charge in [-0.1, -0.05) is 11.6 Å². The zero-order valence-corrected chi connectivity index (χ0v) is 14.4. The van der Waals surface area contributed by atoms with E-state index in [9.17, 15) is 9.18 Å². The topological polar surface area (TPSA) is 92.6 Å². The van der Waals surface area contributed by atoms with Crippen molar-refractivity contribution in [2.75, 3.05) is 30.8 Å². The van der Waals surface area contributed by atoms with Crippen LogP contribution in [-0.2, 0) is 0 Å². The molecule has 0 unspecified atom stereocenters. The first-order valence-corrected chi connectivity index (χ1v) is 8.18. The summed E-state index contributed by atoms with van der Waals surface area (Å²) >= 11 is 5.96. The van der Waals surface area contributed by atoms with Gasteiger partial charge in [-0.15, -0.1) is 0 Å². The van der Waals surface area contributed by atoms with Gasteiger partial charge in [0.05, 0.1) is 17.8 Å². The molecule has 0 saturated carbocycles. The molecule has 3 heterocycles. The fraction of sp³-hybridized carbons (Fsp3) is 0.188. The number of aromatic nitrogens is 3. The Bertz CT molecular complexity index is 1020. The van der Waals surface area contributed by atoms with E-state index in [-0.39, 0.29) is 29.8 Å². The lowest BCUT2D eigenvalue weighted by Crippen LogP contribution is -2.28. The summed E-state index contributed by atoms with van der Waals surface area (Å²) in [5.41, 5.74) is 1.20. The van der Waals surface area contributed by atoms with Crippen molar-refractivity contribution < 1.29 is 13.9 Å². The van der Waals surface area contributed by atoms with Crippen LogP contribution in [0.25, 0.3) is 5.65 Å². The van der Waals surface area contributed by atoms with Crippen molar-refractivity contribution in [1.82, 2.24) is 19.9 Å². The third kappa shape index (κ3) is 2.76. The van der Waals surface area contributed by atoms with Gasteiger partial charge in [-0.2, -0.15) is 9.61 Å². The molecular formula is C16H14ClFN6O2. The molecule has 0 fully saturated rings. The Hall–Kier alpha value is -3.07. The molecule has 4 rings (SSSR count). The van der Waals surface area contributed by atoms with Gasteiger partial charge < -0.3 is 20.7 Å². The van der Waals surface area contributed by atoms with Crippen LogP contribution in [0.15, 0.2) is 24.4 Å². The number of hydrogen-bond donors (Lipinski definition) is 3. The zero-order valence-electron chi connectivity index (χ0n) is 13.6. The molecule has 134 valence electrons. The summed E-state index contributed by atoms with van der Waals surface area (Å²) in [6.07, 6.45) is 1.44. The number of anilines is 3. The maximum Gasteiger partial charge on any atom is 0.256 e. The summed E-state index contributed by atoms with van der Waals surface area (Å²) in [6, 6.07) is 4.64. The third-order valence-corrected chi connectivity index (χ3v) is 4.16. The van der Waals surface area contributed by atoms with Crippen LogP contribution < -0.4 is 20.7 Å².